The molecule has 0 saturated carbocycles. The van der Waals surface area contributed by atoms with Crippen LogP contribution in [0.4, 0.5) is 74.5 Å². The minimum Gasteiger partial charge on any atom is -0.384 e. The van der Waals surface area contributed by atoms with Crippen LogP contribution in [0.1, 0.15) is 156 Å². The van der Waals surface area contributed by atoms with Gasteiger partial charge in [0.25, 0.3) is 23.6 Å². The van der Waals surface area contributed by atoms with Gasteiger partial charge in [0.1, 0.15) is 82.3 Å². The van der Waals surface area contributed by atoms with Gasteiger partial charge in [-0.25, -0.2) is 47.9 Å². The Morgan fingerprint density at radius 2 is 0.577 bits per heavy atom. The number of aryl methyl sites for hydroxylation is 10. The number of imide groups is 4. The van der Waals surface area contributed by atoms with Gasteiger partial charge in [0.2, 0.25) is 23.6 Å². The lowest BCUT2D eigenvalue weighted by Crippen LogP contribution is -2.70. The van der Waals surface area contributed by atoms with Crippen LogP contribution in [-0.4, -0.2) is 202 Å². The zero-order chi connectivity index (χ0) is 108. The first-order valence-electron chi connectivity index (χ1n) is 48.6. The molecule has 40 nitrogen and oxygen atoms in total. The van der Waals surface area contributed by atoms with Crippen LogP contribution in [0.25, 0.3) is 0 Å². The summed E-state index contributed by atoms with van der Waals surface area (Å²) in [6.45, 7) is 18.5. The number of benzene rings is 4. The highest BCUT2D eigenvalue weighted by molar-refractivity contribution is 6.30. The van der Waals surface area contributed by atoms with Crippen molar-refractivity contribution in [2.45, 2.75) is 169 Å². The van der Waals surface area contributed by atoms with Gasteiger partial charge >= 0.3 is 24.1 Å². The molecule has 43 heteroatoms. The summed E-state index contributed by atoms with van der Waals surface area (Å²) >= 11 is 6.01. The van der Waals surface area contributed by atoms with E-state index in [2.05, 4.69) is 61.6 Å². The third-order valence-electron chi connectivity index (χ3n) is 27.0. The van der Waals surface area contributed by atoms with E-state index in [1.54, 1.807) is 208 Å². The number of nitrogens with one attached hydrogen (secondary N) is 4. The Morgan fingerprint density at radius 1 is 0.342 bits per heavy atom. The number of urea groups is 4. The van der Waals surface area contributed by atoms with Gasteiger partial charge in [0, 0.05) is 108 Å². The molecule has 149 heavy (non-hydrogen) atoms. The van der Waals surface area contributed by atoms with E-state index in [0.29, 0.717) is 111 Å². The van der Waals surface area contributed by atoms with Gasteiger partial charge in [-0.1, -0.05) is 106 Å². The number of hydrogen-bond acceptors (Lipinski definition) is 24. The van der Waals surface area contributed by atoms with Crippen molar-refractivity contribution in [1.29, 1.82) is 0 Å². The monoisotopic (exact) mass is 2050 g/mol. The first-order valence-corrected chi connectivity index (χ1v) is 49.0. The van der Waals surface area contributed by atoms with Gasteiger partial charge in [-0.15, -0.1) is 0 Å². The number of nitrogens with two attached hydrogens (primary N) is 4. The number of β-lactam (4-membered cyclic amide) rings is 4. The van der Waals surface area contributed by atoms with E-state index in [4.69, 9.17) is 34.5 Å². The van der Waals surface area contributed by atoms with Crippen molar-refractivity contribution >= 4 is 130 Å². The first kappa shape index (κ1) is 110. The number of aromatic nitrogens is 12. The number of halogens is 3. The van der Waals surface area contributed by atoms with Crippen molar-refractivity contribution in [2.75, 3.05) is 70.7 Å². The molecule has 8 aromatic heterocycles. The number of nitrogens with zero attached hydrogens (tertiary/aromatic N) is 20. The van der Waals surface area contributed by atoms with Crippen molar-refractivity contribution in [3.05, 3.63) is 284 Å². The molecule has 12 atom stereocenters. The highest BCUT2D eigenvalue weighted by Crippen LogP contribution is 2.41. The molecular formula is C106H125ClF2N28O12. The zero-order valence-electron chi connectivity index (χ0n) is 86.3. The molecule has 0 radical (unpaired) electrons. The van der Waals surface area contributed by atoms with Gasteiger partial charge in [-0.05, 0) is 222 Å². The number of likely N-dealkylation sites (N-methyl/N-ethyl adjacent to an activating group) is 4. The average molecular weight is 2060 g/mol. The van der Waals surface area contributed by atoms with Crippen LogP contribution in [0.3, 0.4) is 0 Å². The van der Waals surface area contributed by atoms with Gasteiger partial charge in [-0.3, -0.25) is 96.3 Å². The molecule has 12 N–H and O–H groups in total. The van der Waals surface area contributed by atoms with E-state index in [1.165, 1.54) is 47.2 Å². The lowest BCUT2D eigenvalue weighted by molar-refractivity contribution is -0.156. The average Bonchev–Trinajstić information content (AvgIpc) is 1.68. The Kier molecular flexibility index (Phi) is 34.7. The van der Waals surface area contributed by atoms with Crippen molar-refractivity contribution in [1.82, 2.24) is 99.9 Å². The highest BCUT2D eigenvalue weighted by atomic mass is 35.5. The molecule has 4 fully saturated rings. The molecular weight excluding hydrogens is 1930 g/mol. The number of rotatable bonds is 28. The molecule has 16 amide bonds. The smallest absolute Gasteiger partial charge is 0.325 e. The SMILES string of the molecule is CC[C@@H](NC(=O)N1C(=O)[C@H](Cc2cc(C)nc(N)c2)[C@H]1C(=O)N(C)c1ccnn1C)c1ccc(C)c(F)c1.CC[C@@H](NC(=O)N1C(=O)[C@H](Cc2cc(C)nc(N)c2)[C@H]1C(=O)N(C)c1ccnn1C)c1ccc(C)cc1.CC[C@@H](NC(=O)N1C(=O)[C@H](Cc2cc(C)nc(N)c2)[C@H]1C(=O)N(C)c1ccnn1C)c1ccc(Cl)cc1.CC[C@@H](NC(=O)N1C(=O)[C@H](Cc2cc(C)nc(N)c2)[C@H]1C(=O)N(C)c1ccnn1C)c1ccc(F)cc1. The molecule has 16 rings (SSSR count). The summed E-state index contributed by atoms with van der Waals surface area (Å²) in [6, 6.07) is 38.0. The fourth-order valence-electron chi connectivity index (χ4n) is 19.2. The number of nitrogen functional groups attached to an aromatic ring is 4. The molecule has 4 aliphatic rings. The molecule has 0 aliphatic carbocycles. The number of anilines is 8. The second kappa shape index (κ2) is 47.2. The maximum atomic E-state index is 14.2. The van der Waals surface area contributed by atoms with Crippen LogP contribution in [-0.2, 0) is 92.2 Å². The quantitative estimate of drug-likeness (QED) is 0.0211. The molecule has 782 valence electrons. The third kappa shape index (κ3) is 24.7. The summed E-state index contributed by atoms with van der Waals surface area (Å²) in [7, 11) is 13.2. The fourth-order valence-corrected chi connectivity index (χ4v) is 19.3. The summed E-state index contributed by atoms with van der Waals surface area (Å²) in [4.78, 5) is 188. The Labute approximate surface area is 866 Å². The number of hydrogen-bond donors (Lipinski definition) is 8. The number of pyridine rings is 4. The maximum absolute atomic E-state index is 14.2. The lowest BCUT2D eigenvalue weighted by Gasteiger charge is -2.46. The zero-order valence-corrected chi connectivity index (χ0v) is 87.0. The van der Waals surface area contributed by atoms with Crippen molar-refractivity contribution in [3.8, 4) is 0 Å². The van der Waals surface area contributed by atoms with Crippen molar-refractivity contribution < 1.29 is 66.3 Å². The summed E-state index contributed by atoms with van der Waals surface area (Å²) in [5.41, 5.74) is 34.1. The molecule has 4 aliphatic heterocycles. The number of carbonyl (C=O) groups is 12. The second-order valence-corrected chi connectivity index (χ2v) is 38.0. The molecule has 0 unspecified atom stereocenters. The van der Waals surface area contributed by atoms with Gasteiger partial charge < -0.3 is 44.2 Å². The molecule has 4 saturated heterocycles. The van der Waals surface area contributed by atoms with E-state index in [-0.39, 0.29) is 61.2 Å². The van der Waals surface area contributed by atoms with E-state index >= 15 is 0 Å². The van der Waals surface area contributed by atoms with Crippen molar-refractivity contribution in [3.63, 3.8) is 0 Å². The van der Waals surface area contributed by atoms with Crippen LogP contribution in [0.15, 0.2) is 189 Å². The van der Waals surface area contributed by atoms with E-state index < -0.39 is 119 Å². The number of carbonyl (C=O) groups excluding carboxylic acids is 12. The summed E-state index contributed by atoms with van der Waals surface area (Å²) in [5, 5.41) is 28.6. The minimum absolute atomic E-state index is 0.214. The number of likely N-dealkylation sites (tertiary alicyclic amines) is 4. The summed E-state index contributed by atoms with van der Waals surface area (Å²) in [6.07, 6.45) is 9.41. The van der Waals surface area contributed by atoms with E-state index in [1.807, 2.05) is 97.0 Å². The largest absolute Gasteiger partial charge is 0.384 e. The van der Waals surface area contributed by atoms with Crippen LogP contribution >= 0.6 is 11.6 Å². The lowest BCUT2D eigenvalue weighted by atomic mass is 9.81. The van der Waals surface area contributed by atoms with Gasteiger partial charge in [0.05, 0.1) is 72.6 Å². The van der Waals surface area contributed by atoms with Gasteiger partial charge in [-0.2, -0.15) is 20.4 Å². The minimum atomic E-state index is -1.05. The maximum Gasteiger partial charge on any atom is 0.325 e. The fraction of sp³-hybridized carbons (Fsp3) is 0.358. The molecule has 12 aromatic rings. The van der Waals surface area contributed by atoms with E-state index in [0.717, 1.165) is 64.2 Å². The van der Waals surface area contributed by atoms with Crippen LogP contribution in [0.5, 0.6) is 0 Å². The molecule has 0 bridgehead atoms. The standard InChI is InChI=1S/C27H32FN7O3.C27H33N7O3.C26H30ClN7O3.C26H30FN7O3/c1-6-21(18-8-7-15(2)20(28)14-18)32-27(38)35-24(26(37)33(4)23-9-10-30-34(23)5)19(25(35)36)12-17-11-16(3)31-22(29)13-17;1-6-21(19-9-7-16(2)8-10-19)31-27(37)34-24(26(36)32(4)23-11-12-29-33(23)5)20(25(34)35)14-18-13-17(3)30-22(28)15-18;2*1-5-20(17-6-8-18(27)9-7-17)31-26(37)34-23(25(36)32(3)22-10-11-29-33(22)4)19(24(34)35)13-16-12-15(2)30-21(28)14-16/h7-11,13-14,19,21,24H,6,12H2,1-5H3,(H2,29,31)(H,32,38);7-13,15,20-21,24H,6,14H2,1-5H3,(H2,28,30)(H,31,37);2*6-12,14,19-20,23H,5,13H2,1-4H3,(H2,28,30)(H,31,37)/t19-,21-,24+;20-,21-,24+;2*19-,20-,23+/m1111/s1. The van der Waals surface area contributed by atoms with Crippen LogP contribution in [0, 0.1) is 76.8 Å². The summed E-state index contributed by atoms with van der Waals surface area (Å²) in [5.74, 6) is -3.69. The van der Waals surface area contributed by atoms with Crippen LogP contribution in [0.2, 0.25) is 5.02 Å². The molecule has 4 aromatic carbocycles. The first-order chi connectivity index (χ1) is 70.8. The third-order valence-corrected chi connectivity index (χ3v) is 27.3. The van der Waals surface area contributed by atoms with E-state index in [9.17, 15) is 66.3 Å². The summed E-state index contributed by atoms with van der Waals surface area (Å²) < 4.78 is 33.8. The molecule has 12 heterocycles. The topological polar surface area (TPSA) is 506 Å². The Hall–Kier alpha value is -16.7. The predicted octanol–water partition coefficient (Wildman–Crippen LogP) is 11.9. The predicted molar refractivity (Wildman–Crippen MR) is 558 cm³/mol. The molecule has 0 spiro atoms. The van der Waals surface area contributed by atoms with Crippen molar-refractivity contribution in [2.24, 2.45) is 51.9 Å². The Bertz CT molecular complexity index is 6430. The van der Waals surface area contributed by atoms with Gasteiger partial charge in [0.15, 0.2) is 0 Å². The number of amides is 16. The second-order valence-electron chi connectivity index (χ2n) is 37.5. The Balaban J connectivity index is 0.000000166. The normalized spacial score (nSPS) is 17.7. The Morgan fingerprint density at radius 3 is 0.805 bits per heavy atom. The van der Waals surface area contributed by atoms with Crippen LogP contribution < -0.4 is 63.8 Å². The highest BCUT2D eigenvalue weighted by Gasteiger charge is 2.60.